The number of hydrogen-bond acceptors (Lipinski definition) is 5. The van der Waals surface area contributed by atoms with E-state index in [0.29, 0.717) is 4.88 Å². The maximum absolute atomic E-state index is 11.3. The predicted octanol–water partition coefficient (Wildman–Crippen LogP) is 6.34. The fraction of sp³-hybridized carbons (Fsp3) is 0.241. The SMILES string of the molecule is COc1cc(C)cc(-c2cccc(-c3csc(C(=O)O)c3C)n2)c1C.c1cc2c3cc1C3CNC2. The molecule has 1 unspecified atom stereocenters. The van der Waals surface area contributed by atoms with Crippen molar-refractivity contribution in [2.45, 2.75) is 33.2 Å². The number of nitrogens with one attached hydrogen (secondary N) is 1. The first-order chi connectivity index (χ1) is 16.9. The molecule has 2 aliphatic carbocycles. The summed E-state index contributed by atoms with van der Waals surface area (Å²) in [5, 5.41) is 14.5. The van der Waals surface area contributed by atoms with Gasteiger partial charge in [-0.05, 0) is 72.9 Å². The summed E-state index contributed by atoms with van der Waals surface area (Å²) in [5.41, 5.74) is 11.0. The molecular formula is C29H28N2O3S. The summed E-state index contributed by atoms with van der Waals surface area (Å²) in [6.45, 7) is 8.10. The number of carboxylic acids is 1. The van der Waals surface area contributed by atoms with E-state index in [-0.39, 0.29) is 0 Å². The van der Waals surface area contributed by atoms with Crippen LogP contribution in [0.5, 0.6) is 5.75 Å². The Morgan fingerprint density at radius 1 is 1.06 bits per heavy atom. The highest BCUT2D eigenvalue weighted by molar-refractivity contribution is 7.12. The van der Waals surface area contributed by atoms with Gasteiger partial charge in [0.05, 0.1) is 18.5 Å². The summed E-state index contributed by atoms with van der Waals surface area (Å²) in [7, 11) is 1.66. The zero-order valence-corrected chi connectivity index (χ0v) is 21.1. The van der Waals surface area contributed by atoms with Crippen LogP contribution in [0.4, 0.5) is 0 Å². The molecule has 0 radical (unpaired) electrons. The number of carbonyl (C=O) groups is 1. The van der Waals surface area contributed by atoms with Gasteiger partial charge in [-0.2, -0.15) is 0 Å². The van der Waals surface area contributed by atoms with Crippen LogP contribution in [0, 0.1) is 20.8 Å². The van der Waals surface area contributed by atoms with Crippen molar-refractivity contribution in [1.29, 1.82) is 0 Å². The molecule has 6 heteroatoms. The zero-order chi connectivity index (χ0) is 24.7. The third-order valence-electron chi connectivity index (χ3n) is 6.87. The molecule has 0 amide bonds. The van der Waals surface area contributed by atoms with Crippen LogP contribution in [0.1, 0.15) is 49.0 Å². The Morgan fingerprint density at radius 3 is 2.46 bits per heavy atom. The van der Waals surface area contributed by atoms with Crippen molar-refractivity contribution in [2.24, 2.45) is 0 Å². The van der Waals surface area contributed by atoms with Gasteiger partial charge in [-0.3, -0.25) is 0 Å². The van der Waals surface area contributed by atoms with Gasteiger partial charge in [0.25, 0.3) is 0 Å². The van der Waals surface area contributed by atoms with Crippen molar-refractivity contribution in [3.8, 4) is 28.3 Å². The number of nitrogens with zero attached hydrogens (tertiary/aromatic N) is 1. The van der Waals surface area contributed by atoms with Gasteiger partial charge in [-0.1, -0.05) is 24.3 Å². The van der Waals surface area contributed by atoms with Crippen molar-refractivity contribution in [2.75, 3.05) is 13.7 Å². The van der Waals surface area contributed by atoms with Crippen LogP contribution in [0.25, 0.3) is 22.5 Å². The smallest absolute Gasteiger partial charge is 0.346 e. The lowest BCUT2D eigenvalue weighted by molar-refractivity contribution is 0.0701. The first-order valence-corrected chi connectivity index (χ1v) is 12.5. The number of carboxylic acid groups (broad SMARTS) is 1. The molecule has 7 rings (SSSR count). The number of aromatic nitrogens is 1. The van der Waals surface area contributed by atoms with E-state index >= 15 is 0 Å². The number of fused-ring (bicyclic) bond motifs is 1. The number of benzene rings is 2. The molecule has 1 aliphatic heterocycles. The normalized spacial score (nSPS) is 15.0. The Morgan fingerprint density at radius 2 is 1.83 bits per heavy atom. The van der Waals surface area contributed by atoms with Gasteiger partial charge < -0.3 is 15.2 Å². The highest BCUT2D eigenvalue weighted by Crippen LogP contribution is 2.39. The maximum atomic E-state index is 11.3. The first-order valence-electron chi connectivity index (χ1n) is 11.6. The van der Waals surface area contributed by atoms with E-state index in [0.717, 1.165) is 64.0 Å². The van der Waals surface area contributed by atoms with Crippen LogP contribution >= 0.6 is 11.3 Å². The van der Waals surface area contributed by atoms with E-state index in [2.05, 4.69) is 29.6 Å². The van der Waals surface area contributed by atoms with Gasteiger partial charge >= 0.3 is 5.97 Å². The number of methoxy groups -OCH3 is 1. The number of thiophene rings is 1. The standard InChI is InChI=1S/C20H19NO3S.C9H9N/c1-11-8-14(12(2)18(9-11)24-4)16-6-5-7-17(21-16)15-10-25-19(13(15)3)20(22)23;1-2-7-4-10-5-9-6(1)3-8(7)9/h5-10H,1-4H3,(H,22,23);1-3,9-10H,4-5H2. The number of ether oxygens (including phenoxy) is 1. The molecule has 5 nitrogen and oxygen atoms in total. The largest absolute Gasteiger partial charge is 0.496 e. The van der Waals surface area contributed by atoms with Gasteiger partial charge in [0.15, 0.2) is 0 Å². The van der Waals surface area contributed by atoms with Gasteiger partial charge in [0.1, 0.15) is 10.6 Å². The maximum Gasteiger partial charge on any atom is 0.346 e. The van der Waals surface area contributed by atoms with E-state index in [9.17, 15) is 9.90 Å². The van der Waals surface area contributed by atoms with Crippen LogP contribution < -0.4 is 10.1 Å². The molecule has 2 aromatic heterocycles. The van der Waals surface area contributed by atoms with Crippen LogP contribution in [-0.2, 0) is 6.54 Å². The van der Waals surface area contributed by atoms with Gasteiger partial charge in [-0.25, -0.2) is 9.78 Å². The molecule has 0 saturated heterocycles. The minimum absolute atomic E-state index is 0.357. The quantitative estimate of drug-likeness (QED) is 0.353. The Bertz CT molecular complexity index is 1430. The topological polar surface area (TPSA) is 71.5 Å². The molecule has 178 valence electrons. The molecule has 0 fully saturated rings. The van der Waals surface area contributed by atoms with E-state index < -0.39 is 5.97 Å². The average Bonchev–Trinajstić information content (AvgIpc) is 3.24. The van der Waals surface area contributed by atoms with Crippen molar-refractivity contribution in [3.05, 3.63) is 92.2 Å². The average molecular weight is 485 g/mol. The third kappa shape index (κ3) is 4.24. The highest BCUT2D eigenvalue weighted by atomic mass is 32.1. The molecule has 1 atom stereocenters. The van der Waals surface area contributed by atoms with E-state index in [1.165, 1.54) is 22.5 Å². The summed E-state index contributed by atoms with van der Waals surface area (Å²) in [5.74, 6) is 0.694. The monoisotopic (exact) mass is 484 g/mol. The Balaban J connectivity index is 0.000000207. The van der Waals surface area contributed by atoms with Crippen LogP contribution in [0.15, 0.2) is 53.9 Å². The predicted molar refractivity (Wildman–Crippen MR) is 141 cm³/mol. The number of rotatable bonds is 4. The lowest BCUT2D eigenvalue weighted by Crippen LogP contribution is -2.33. The van der Waals surface area contributed by atoms with Crippen LogP contribution in [-0.4, -0.2) is 29.7 Å². The van der Waals surface area contributed by atoms with E-state index in [4.69, 9.17) is 9.72 Å². The second-order valence-electron chi connectivity index (χ2n) is 9.10. The molecule has 35 heavy (non-hydrogen) atoms. The highest BCUT2D eigenvalue weighted by Gasteiger charge is 2.28. The van der Waals surface area contributed by atoms with Crippen molar-refractivity contribution < 1.29 is 14.6 Å². The summed E-state index contributed by atoms with van der Waals surface area (Å²) in [4.78, 5) is 16.4. The lowest BCUT2D eigenvalue weighted by atomic mass is 9.75. The molecule has 4 aromatic rings. The summed E-state index contributed by atoms with van der Waals surface area (Å²) in [6, 6.07) is 16.7. The fourth-order valence-electron chi connectivity index (χ4n) is 4.90. The van der Waals surface area contributed by atoms with Gasteiger partial charge in [0, 0.05) is 41.1 Å². The second kappa shape index (κ2) is 9.29. The lowest BCUT2D eigenvalue weighted by Gasteiger charge is -2.34. The van der Waals surface area contributed by atoms with Crippen LogP contribution in [0.2, 0.25) is 0 Å². The fourth-order valence-corrected chi connectivity index (χ4v) is 5.82. The molecular weight excluding hydrogens is 456 g/mol. The Kier molecular flexibility index (Phi) is 6.17. The van der Waals surface area contributed by atoms with Crippen molar-refractivity contribution >= 4 is 17.3 Å². The summed E-state index contributed by atoms with van der Waals surface area (Å²) >= 11 is 1.23. The van der Waals surface area contributed by atoms with Gasteiger partial charge in [0.2, 0.25) is 0 Å². The first kappa shape index (κ1) is 23.3. The number of pyridine rings is 1. The minimum Gasteiger partial charge on any atom is -0.496 e. The second-order valence-corrected chi connectivity index (χ2v) is 9.98. The van der Waals surface area contributed by atoms with Crippen LogP contribution in [0.3, 0.4) is 0 Å². The molecule has 3 aliphatic rings. The molecule has 2 N–H and O–H groups in total. The molecule has 0 saturated carbocycles. The third-order valence-corrected chi connectivity index (χ3v) is 7.94. The molecule has 0 spiro atoms. The van der Waals surface area contributed by atoms with Crippen molar-refractivity contribution in [1.82, 2.24) is 10.3 Å². The zero-order valence-electron chi connectivity index (χ0n) is 20.3. The number of aryl methyl sites for hydroxylation is 1. The molecule has 4 bridgehead atoms. The van der Waals surface area contributed by atoms with E-state index in [1.807, 2.05) is 50.4 Å². The summed E-state index contributed by atoms with van der Waals surface area (Å²) in [6.07, 6.45) is 0. The number of hydrogen-bond donors (Lipinski definition) is 2. The summed E-state index contributed by atoms with van der Waals surface area (Å²) < 4.78 is 5.46. The Labute approximate surface area is 209 Å². The molecule has 3 heterocycles. The number of aromatic carboxylic acids is 1. The van der Waals surface area contributed by atoms with E-state index in [1.54, 1.807) is 12.7 Å². The van der Waals surface area contributed by atoms with Gasteiger partial charge in [-0.15, -0.1) is 11.3 Å². The minimum atomic E-state index is -0.899. The Hall–Kier alpha value is -3.48. The molecule has 2 aromatic carbocycles. The van der Waals surface area contributed by atoms with Crippen molar-refractivity contribution in [3.63, 3.8) is 0 Å².